The Balaban J connectivity index is 1.70. The summed E-state index contributed by atoms with van der Waals surface area (Å²) < 4.78 is 0. The molecule has 0 unspecified atom stereocenters. The van der Waals surface area contributed by atoms with Gasteiger partial charge in [-0.3, -0.25) is 14.5 Å². The molecule has 1 aliphatic rings. The van der Waals surface area contributed by atoms with Crippen LogP contribution in [0.4, 0.5) is 5.69 Å². The van der Waals surface area contributed by atoms with Crippen molar-refractivity contribution in [3.63, 3.8) is 0 Å². The Morgan fingerprint density at radius 1 is 1.17 bits per heavy atom. The van der Waals surface area contributed by atoms with E-state index in [2.05, 4.69) is 10.4 Å². The van der Waals surface area contributed by atoms with E-state index in [0.29, 0.717) is 5.56 Å². The number of hydrogen-bond acceptors (Lipinski definition) is 4. The highest BCUT2D eigenvalue weighted by Crippen LogP contribution is 2.35. The third-order valence-corrected chi connectivity index (χ3v) is 4.25. The standard InChI is InChI=1S/C18H21N3O2/c1-21-12-11-16(17(21)14-9-5-6-10-15(14)19)23-20-18(22)13-7-3-2-4-8-13/h2-10,16-17H,11-12,19H2,1H3,(H,20,22)/t16-,17-/m1/s1. The lowest BCUT2D eigenvalue weighted by Crippen LogP contribution is -2.33. The third kappa shape index (κ3) is 3.36. The van der Waals surface area contributed by atoms with Crippen molar-refractivity contribution in [2.24, 2.45) is 0 Å². The highest BCUT2D eigenvalue weighted by atomic mass is 16.7. The van der Waals surface area contributed by atoms with E-state index in [0.717, 1.165) is 24.2 Å². The van der Waals surface area contributed by atoms with Gasteiger partial charge in [-0.1, -0.05) is 36.4 Å². The summed E-state index contributed by atoms with van der Waals surface area (Å²) in [6, 6.07) is 16.9. The molecule has 120 valence electrons. The van der Waals surface area contributed by atoms with Crippen molar-refractivity contribution >= 4 is 11.6 Å². The van der Waals surface area contributed by atoms with Crippen LogP contribution in [0.5, 0.6) is 0 Å². The van der Waals surface area contributed by atoms with Crippen LogP contribution >= 0.6 is 0 Å². The van der Waals surface area contributed by atoms with Crippen LogP contribution in [0.15, 0.2) is 54.6 Å². The van der Waals surface area contributed by atoms with E-state index in [4.69, 9.17) is 10.6 Å². The first-order valence-electron chi connectivity index (χ1n) is 7.72. The Morgan fingerprint density at radius 2 is 1.87 bits per heavy atom. The Hall–Kier alpha value is -2.37. The number of likely N-dealkylation sites (N-methyl/N-ethyl adjacent to an activating group) is 1. The maximum absolute atomic E-state index is 12.1. The lowest BCUT2D eigenvalue weighted by Gasteiger charge is -2.26. The number of anilines is 1. The van der Waals surface area contributed by atoms with Gasteiger partial charge in [0.05, 0.1) is 6.04 Å². The number of nitrogens with two attached hydrogens (primary N) is 1. The zero-order valence-electron chi connectivity index (χ0n) is 13.1. The highest BCUT2D eigenvalue weighted by Gasteiger charge is 2.35. The van der Waals surface area contributed by atoms with Crippen LogP contribution in [0, 0.1) is 0 Å². The summed E-state index contributed by atoms with van der Waals surface area (Å²) in [6.07, 6.45) is 0.710. The SMILES string of the molecule is CN1CC[C@@H](ONC(=O)c2ccccc2)[C@H]1c1ccccc1N. The van der Waals surface area contributed by atoms with Gasteiger partial charge in [0, 0.05) is 17.8 Å². The lowest BCUT2D eigenvalue weighted by molar-refractivity contribution is -0.0293. The molecule has 0 saturated carbocycles. The Kier molecular flexibility index (Phi) is 4.60. The number of rotatable bonds is 4. The smallest absolute Gasteiger partial charge is 0.274 e. The quantitative estimate of drug-likeness (QED) is 0.672. The van der Waals surface area contributed by atoms with Gasteiger partial charge in [0.25, 0.3) is 5.91 Å². The zero-order valence-corrected chi connectivity index (χ0v) is 13.1. The molecule has 5 nitrogen and oxygen atoms in total. The van der Waals surface area contributed by atoms with Crippen LogP contribution in [-0.4, -0.2) is 30.5 Å². The second-order valence-corrected chi connectivity index (χ2v) is 5.80. The zero-order chi connectivity index (χ0) is 16.2. The van der Waals surface area contributed by atoms with Crippen LogP contribution in [0.3, 0.4) is 0 Å². The van der Waals surface area contributed by atoms with E-state index in [9.17, 15) is 4.79 Å². The minimum Gasteiger partial charge on any atom is -0.398 e. The molecule has 5 heteroatoms. The van der Waals surface area contributed by atoms with Crippen molar-refractivity contribution in [1.82, 2.24) is 10.4 Å². The fourth-order valence-corrected chi connectivity index (χ4v) is 3.03. The fourth-order valence-electron chi connectivity index (χ4n) is 3.03. The number of nitrogens with zero attached hydrogens (tertiary/aromatic N) is 1. The first-order valence-corrected chi connectivity index (χ1v) is 7.72. The molecule has 0 spiro atoms. The van der Waals surface area contributed by atoms with Crippen molar-refractivity contribution in [3.8, 4) is 0 Å². The minimum atomic E-state index is -0.236. The summed E-state index contributed by atoms with van der Waals surface area (Å²) in [6.45, 7) is 0.894. The predicted molar refractivity (Wildman–Crippen MR) is 89.6 cm³/mol. The van der Waals surface area contributed by atoms with E-state index >= 15 is 0 Å². The second-order valence-electron chi connectivity index (χ2n) is 5.80. The molecule has 0 aliphatic carbocycles. The Morgan fingerprint density at radius 3 is 2.61 bits per heavy atom. The van der Waals surface area contributed by atoms with Gasteiger partial charge in [0.1, 0.15) is 6.10 Å². The summed E-state index contributed by atoms with van der Waals surface area (Å²) in [4.78, 5) is 20.0. The summed E-state index contributed by atoms with van der Waals surface area (Å²) in [7, 11) is 2.04. The number of nitrogen functional groups attached to an aromatic ring is 1. The molecule has 1 fully saturated rings. The van der Waals surface area contributed by atoms with Gasteiger partial charge < -0.3 is 5.73 Å². The van der Waals surface area contributed by atoms with Crippen molar-refractivity contribution in [2.75, 3.05) is 19.3 Å². The molecule has 2 aromatic carbocycles. The summed E-state index contributed by atoms with van der Waals surface area (Å²) in [5.74, 6) is -0.236. The first kappa shape index (κ1) is 15.5. The molecule has 0 aromatic heterocycles. The number of likely N-dealkylation sites (tertiary alicyclic amines) is 1. The molecule has 0 bridgehead atoms. The van der Waals surface area contributed by atoms with Crippen LogP contribution in [0.25, 0.3) is 0 Å². The molecule has 2 aromatic rings. The largest absolute Gasteiger partial charge is 0.398 e. The van der Waals surface area contributed by atoms with Gasteiger partial charge in [0.15, 0.2) is 0 Å². The van der Waals surface area contributed by atoms with E-state index < -0.39 is 0 Å². The maximum atomic E-state index is 12.1. The molecule has 1 saturated heterocycles. The normalized spacial score (nSPS) is 21.3. The number of hydrogen-bond donors (Lipinski definition) is 2. The van der Waals surface area contributed by atoms with E-state index in [-0.39, 0.29) is 18.1 Å². The number of para-hydroxylation sites is 1. The molecule has 2 atom stereocenters. The van der Waals surface area contributed by atoms with Crippen LogP contribution in [0.1, 0.15) is 28.4 Å². The van der Waals surface area contributed by atoms with Gasteiger partial charge in [0.2, 0.25) is 0 Å². The highest BCUT2D eigenvalue weighted by molar-refractivity contribution is 5.93. The van der Waals surface area contributed by atoms with E-state index in [1.165, 1.54) is 0 Å². The molecular weight excluding hydrogens is 290 g/mol. The molecule has 1 amide bonds. The monoisotopic (exact) mass is 311 g/mol. The van der Waals surface area contributed by atoms with E-state index in [1.807, 2.05) is 49.5 Å². The average molecular weight is 311 g/mol. The van der Waals surface area contributed by atoms with Gasteiger partial charge in [-0.05, 0) is 37.2 Å². The topological polar surface area (TPSA) is 67.6 Å². The van der Waals surface area contributed by atoms with Gasteiger partial charge in [-0.2, -0.15) is 0 Å². The molecule has 3 rings (SSSR count). The molecule has 23 heavy (non-hydrogen) atoms. The summed E-state index contributed by atoms with van der Waals surface area (Å²) in [5, 5.41) is 0. The number of carbonyl (C=O) groups is 1. The van der Waals surface area contributed by atoms with Gasteiger partial charge in [-0.25, -0.2) is 5.48 Å². The van der Waals surface area contributed by atoms with Crippen molar-refractivity contribution < 1.29 is 9.63 Å². The third-order valence-electron chi connectivity index (χ3n) is 4.25. The Bertz CT molecular complexity index is 675. The number of amides is 1. The van der Waals surface area contributed by atoms with Crippen molar-refractivity contribution in [1.29, 1.82) is 0 Å². The predicted octanol–water partition coefficient (Wildman–Crippen LogP) is 2.38. The van der Waals surface area contributed by atoms with Gasteiger partial charge in [-0.15, -0.1) is 0 Å². The lowest BCUT2D eigenvalue weighted by atomic mass is 10.0. The minimum absolute atomic E-state index is 0.0345. The van der Waals surface area contributed by atoms with Crippen LogP contribution < -0.4 is 11.2 Å². The van der Waals surface area contributed by atoms with Crippen LogP contribution in [0.2, 0.25) is 0 Å². The van der Waals surface area contributed by atoms with Gasteiger partial charge >= 0.3 is 0 Å². The number of nitrogens with one attached hydrogen (secondary N) is 1. The molecular formula is C18H21N3O2. The molecule has 0 radical (unpaired) electrons. The molecule has 3 N–H and O–H groups in total. The molecule has 1 heterocycles. The van der Waals surface area contributed by atoms with Crippen LogP contribution in [-0.2, 0) is 4.84 Å². The average Bonchev–Trinajstić information content (AvgIpc) is 2.94. The van der Waals surface area contributed by atoms with Crippen molar-refractivity contribution in [2.45, 2.75) is 18.6 Å². The molecule has 1 aliphatic heterocycles. The number of benzene rings is 2. The fraction of sp³-hybridized carbons (Fsp3) is 0.278. The second kappa shape index (κ2) is 6.81. The first-order chi connectivity index (χ1) is 11.2. The van der Waals surface area contributed by atoms with E-state index in [1.54, 1.807) is 12.1 Å². The van der Waals surface area contributed by atoms with Crippen molar-refractivity contribution in [3.05, 3.63) is 65.7 Å². The number of hydroxylamine groups is 1. The Labute approximate surface area is 136 Å². The number of carbonyl (C=O) groups excluding carboxylic acids is 1. The maximum Gasteiger partial charge on any atom is 0.274 e. The summed E-state index contributed by atoms with van der Waals surface area (Å²) in [5.41, 5.74) is 11.0. The summed E-state index contributed by atoms with van der Waals surface area (Å²) >= 11 is 0.